The summed E-state index contributed by atoms with van der Waals surface area (Å²) in [7, 11) is 0. The van der Waals surface area contributed by atoms with Gasteiger partial charge in [-0.2, -0.15) is 50.6 Å². The number of nitrogens with zero attached hydrogens (tertiary/aromatic N) is 1. The molecule has 2 amide bonds. The maximum absolute atomic E-state index is 13.7. The quantitative estimate of drug-likeness (QED) is 0.149. The summed E-state index contributed by atoms with van der Waals surface area (Å²) < 4.78 is 81.7. The first-order valence-electron chi connectivity index (χ1n) is 11.5. The van der Waals surface area contributed by atoms with Crippen LogP contribution in [0.4, 0.5) is 42.5 Å². The van der Waals surface area contributed by atoms with Gasteiger partial charge in [0.05, 0.1) is 23.1 Å². The number of nitrogens with two attached hydrogens (primary N) is 1. The molecule has 4 N–H and O–H groups in total. The fourth-order valence-corrected chi connectivity index (χ4v) is 4.16. The number of anilines is 2. The summed E-state index contributed by atoms with van der Waals surface area (Å²) in [6.45, 7) is 0. The fraction of sp³-hybridized carbons (Fsp3) is 0.143. The van der Waals surface area contributed by atoms with Gasteiger partial charge in [0.15, 0.2) is 0 Å². The number of carbonyl (C=O) groups is 1. The van der Waals surface area contributed by atoms with Crippen LogP contribution in [0.2, 0.25) is 0 Å². The molecule has 0 radical (unpaired) electrons. The number of para-hydroxylation sites is 1. The van der Waals surface area contributed by atoms with Crippen molar-refractivity contribution in [1.82, 2.24) is 10.3 Å². The zero-order valence-corrected chi connectivity index (χ0v) is 24.7. The molecule has 4 rings (SSSR count). The van der Waals surface area contributed by atoms with Gasteiger partial charge in [-0.15, -0.1) is 0 Å². The van der Waals surface area contributed by atoms with Gasteiger partial charge in [0.1, 0.15) is 5.54 Å². The third-order valence-electron chi connectivity index (χ3n) is 5.95. The van der Waals surface area contributed by atoms with E-state index in [2.05, 4.69) is 21.7 Å². The molecule has 40 heavy (non-hydrogen) atoms. The second-order valence-corrected chi connectivity index (χ2v) is 8.66. The smallest absolute Gasteiger partial charge is 0.397 e. The van der Waals surface area contributed by atoms with E-state index < -0.39 is 40.7 Å². The molecular formula is C28H21F6N4OU-. The van der Waals surface area contributed by atoms with Crippen LogP contribution in [0, 0.1) is 37.2 Å². The third kappa shape index (κ3) is 7.17. The van der Waals surface area contributed by atoms with Gasteiger partial charge >= 0.3 is 18.4 Å². The van der Waals surface area contributed by atoms with Gasteiger partial charge < -0.3 is 16.4 Å². The molecule has 0 aliphatic rings. The molecular weight excluding hydrogens is 760 g/mol. The Labute approximate surface area is 249 Å². The first-order valence-corrected chi connectivity index (χ1v) is 11.5. The first kappa shape index (κ1) is 31.0. The van der Waals surface area contributed by atoms with Crippen LogP contribution in [0.3, 0.4) is 0 Å². The molecule has 0 aliphatic carbocycles. The molecule has 0 spiro atoms. The number of nitrogen functional groups attached to an aromatic ring is 1. The van der Waals surface area contributed by atoms with E-state index in [1.165, 1.54) is 36.5 Å². The van der Waals surface area contributed by atoms with Crippen LogP contribution in [0.1, 0.15) is 27.9 Å². The summed E-state index contributed by atoms with van der Waals surface area (Å²) in [5.41, 5.74) is 2.24. The van der Waals surface area contributed by atoms with E-state index in [9.17, 15) is 31.1 Å². The van der Waals surface area contributed by atoms with Gasteiger partial charge in [-0.3, -0.25) is 4.98 Å². The Morgan fingerprint density at radius 2 is 1.55 bits per heavy atom. The Kier molecular flexibility index (Phi) is 9.59. The molecule has 3 aromatic carbocycles. The number of urea groups is 1. The van der Waals surface area contributed by atoms with E-state index in [1.807, 2.05) is 0 Å². The van der Waals surface area contributed by atoms with Gasteiger partial charge in [-0.05, 0) is 41.0 Å². The fourth-order valence-electron chi connectivity index (χ4n) is 4.16. The van der Waals surface area contributed by atoms with Crippen molar-refractivity contribution in [3.8, 4) is 0 Å². The van der Waals surface area contributed by atoms with Crippen LogP contribution >= 0.6 is 0 Å². The van der Waals surface area contributed by atoms with Gasteiger partial charge in [0, 0.05) is 37.5 Å². The van der Waals surface area contributed by atoms with Gasteiger partial charge in [-0.1, -0.05) is 48.2 Å². The number of aromatic nitrogens is 1. The number of carbonyl (C=O) groups excluding carboxylic acids is 1. The molecule has 0 fully saturated rings. The summed E-state index contributed by atoms with van der Waals surface area (Å²) in [5.74, 6) is 0. The number of nitrogens with one attached hydrogen (secondary N) is 2. The van der Waals surface area contributed by atoms with Crippen molar-refractivity contribution in [2.45, 2.75) is 24.3 Å². The Morgan fingerprint density at radius 1 is 0.850 bits per heavy atom. The van der Waals surface area contributed by atoms with Crippen LogP contribution < -0.4 is 16.4 Å². The van der Waals surface area contributed by atoms with Crippen molar-refractivity contribution < 1.29 is 62.3 Å². The average Bonchev–Trinajstić information content (AvgIpc) is 2.88. The maximum Gasteiger partial charge on any atom is 0.416 e. The summed E-state index contributed by atoms with van der Waals surface area (Å²) in [4.78, 5) is 17.6. The van der Waals surface area contributed by atoms with Crippen LogP contribution in [0.5, 0.6) is 0 Å². The summed E-state index contributed by atoms with van der Waals surface area (Å²) in [6.07, 6.45) is -8.31. The molecule has 0 saturated heterocycles. The second kappa shape index (κ2) is 12.4. The van der Waals surface area contributed by atoms with Crippen LogP contribution in [-0.4, -0.2) is 11.0 Å². The van der Waals surface area contributed by atoms with Crippen molar-refractivity contribution in [2.75, 3.05) is 11.1 Å². The molecule has 0 saturated carbocycles. The van der Waals surface area contributed by atoms with Gasteiger partial charge in [0.25, 0.3) is 0 Å². The molecule has 1 heterocycles. The Balaban J connectivity index is 0.00000441. The minimum absolute atomic E-state index is 0. The topological polar surface area (TPSA) is 80.0 Å². The molecule has 1 unspecified atom stereocenters. The van der Waals surface area contributed by atoms with Crippen molar-refractivity contribution in [3.05, 3.63) is 125 Å². The van der Waals surface area contributed by atoms with E-state index in [0.717, 1.165) is 24.3 Å². The molecule has 4 aromatic rings. The number of pyridine rings is 1. The van der Waals surface area contributed by atoms with Gasteiger partial charge in [0.2, 0.25) is 0 Å². The normalized spacial score (nSPS) is 13.1. The number of hydrogen-bond acceptors (Lipinski definition) is 3. The van der Waals surface area contributed by atoms with Crippen molar-refractivity contribution in [3.63, 3.8) is 0 Å². The predicted octanol–water partition coefficient (Wildman–Crippen LogP) is 6.81. The predicted molar refractivity (Wildman–Crippen MR) is 133 cm³/mol. The zero-order valence-electron chi connectivity index (χ0n) is 20.6. The minimum atomic E-state index is -4.79. The summed E-state index contributed by atoms with van der Waals surface area (Å²) in [6, 6.07) is 20.1. The maximum atomic E-state index is 13.7. The Bertz CT molecular complexity index is 1450. The molecule has 1 aromatic heterocycles. The number of halogens is 6. The number of benzene rings is 3. The standard InChI is InChI=1S/C28H21F6N4O.U/c29-27(30,31)20-10-6-9-19(15-20)26(16-18-7-2-1-3-8-18,24-14-13-21(35)17-36-24)38-25(39)37-23-12-5-4-11-22(23)28(32,33)34;/h1-11,13-15,17H,16,35H2,(H2,37,38,39);/q-1;. The van der Waals surface area contributed by atoms with Crippen LogP contribution in [0.25, 0.3) is 0 Å². The van der Waals surface area contributed by atoms with E-state index in [-0.39, 0.29) is 54.5 Å². The van der Waals surface area contributed by atoms with E-state index in [0.29, 0.717) is 5.56 Å². The summed E-state index contributed by atoms with van der Waals surface area (Å²) >= 11 is 0. The second-order valence-electron chi connectivity index (χ2n) is 8.66. The Morgan fingerprint density at radius 3 is 2.17 bits per heavy atom. The Hall–Kier alpha value is -3.49. The average molecular weight is 782 g/mol. The molecule has 0 aliphatic heterocycles. The third-order valence-corrected chi connectivity index (χ3v) is 5.95. The molecule has 206 valence electrons. The van der Waals surface area contributed by atoms with Gasteiger partial charge in [-0.25, -0.2) is 4.79 Å². The number of hydrogen-bond donors (Lipinski definition) is 3. The zero-order chi connectivity index (χ0) is 28.3. The molecule has 12 heteroatoms. The molecule has 0 bridgehead atoms. The number of amides is 2. The van der Waals surface area contributed by atoms with E-state index >= 15 is 0 Å². The largest absolute Gasteiger partial charge is 0.416 e. The summed E-state index contributed by atoms with van der Waals surface area (Å²) in [5, 5.41) is 4.78. The number of rotatable bonds is 6. The van der Waals surface area contributed by atoms with Crippen molar-refractivity contribution in [1.29, 1.82) is 0 Å². The van der Waals surface area contributed by atoms with Crippen LogP contribution in [0.15, 0.2) is 91.1 Å². The SMILES string of the molecule is Nc1ccc(C(Cc2ccccc2)(NC(=O)Nc2[c-]cccc2C(F)(F)F)c2cccc(C(F)(F)F)c2)nc1.[U]. The van der Waals surface area contributed by atoms with Crippen LogP contribution in [-0.2, 0) is 24.3 Å². The van der Waals surface area contributed by atoms with Crippen molar-refractivity contribution >= 4 is 17.4 Å². The number of alkyl halides is 6. The van der Waals surface area contributed by atoms with E-state index in [1.54, 1.807) is 30.3 Å². The monoisotopic (exact) mass is 781 g/mol. The minimum Gasteiger partial charge on any atom is -0.397 e. The van der Waals surface area contributed by atoms with E-state index in [4.69, 9.17) is 5.73 Å². The molecule has 1 atom stereocenters. The molecule has 5 nitrogen and oxygen atoms in total. The van der Waals surface area contributed by atoms with Crippen molar-refractivity contribution in [2.24, 2.45) is 0 Å². The first-order chi connectivity index (χ1) is 18.4.